The van der Waals surface area contributed by atoms with E-state index in [-0.39, 0.29) is 0 Å². The van der Waals surface area contributed by atoms with E-state index in [0.717, 1.165) is 21.3 Å². The number of fused-ring (bicyclic) bond motifs is 1. The quantitative estimate of drug-likeness (QED) is 0.667. The number of hydrogen-bond acceptors (Lipinski definition) is 2. The van der Waals surface area contributed by atoms with Crippen LogP contribution >= 0.6 is 28.1 Å². The third kappa shape index (κ3) is 2.13. The molecule has 0 fully saturated rings. The molecule has 19 heavy (non-hydrogen) atoms. The van der Waals surface area contributed by atoms with E-state index in [1.165, 1.54) is 11.1 Å². The van der Waals surface area contributed by atoms with Crippen molar-refractivity contribution in [1.29, 1.82) is 0 Å². The lowest BCUT2D eigenvalue weighted by Crippen LogP contribution is -1.98. The Morgan fingerprint density at radius 3 is 2.84 bits per heavy atom. The second kappa shape index (κ2) is 4.58. The molecule has 0 saturated carbocycles. The molecule has 3 nitrogen and oxygen atoms in total. The van der Waals surface area contributed by atoms with Crippen LogP contribution in [0.4, 0.5) is 0 Å². The first kappa shape index (κ1) is 12.6. The molecule has 0 spiro atoms. The number of aromatic nitrogens is 3. The van der Waals surface area contributed by atoms with Gasteiger partial charge in [0, 0.05) is 10.7 Å². The van der Waals surface area contributed by atoms with Crippen molar-refractivity contribution in [2.75, 3.05) is 0 Å². The monoisotopic (exact) mass is 333 g/mol. The second-order valence-electron chi connectivity index (χ2n) is 4.58. The van der Waals surface area contributed by atoms with Crippen molar-refractivity contribution in [3.05, 3.63) is 50.8 Å². The fourth-order valence-corrected chi connectivity index (χ4v) is 2.78. The van der Waals surface area contributed by atoms with Gasteiger partial charge in [-0.05, 0) is 65.3 Å². The van der Waals surface area contributed by atoms with Crippen molar-refractivity contribution < 1.29 is 0 Å². The Labute approximate surface area is 124 Å². The van der Waals surface area contributed by atoms with E-state index < -0.39 is 0 Å². The van der Waals surface area contributed by atoms with Crippen LogP contribution in [0.3, 0.4) is 0 Å². The summed E-state index contributed by atoms with van der Waals surface area (Å²) in [5.74, 6) is 0. The molecule has 1 aromatic carbocycles. The van der Waals surface area contributed by atoms with Crippen LogP contribution in [-0.4, -0.2) is 14.5 Å². The maximum atomic E-state index is 5.43. The van der Waals surface area contributed by atoms with Gasteiger partial charge >= 0.3 is 0 Å². The minimum atomic E-state index is 0.661. The normalized spacial score (nSPS) is 11.1. The van der Waals surface area contributed by atoms with Crippen LogP contribution in [0.1, 0.15) is 11.1 Å². The number of imidazole rings is 1. The predicted octanol–water partition coefficient (Wildman–Crippen LogP) is 4.46. The summed E-state index contributed by atoms with van der Waals surface area (Å²) in [6.45, 7) is 4.15. The zero-order valence-electron chi connectivity index (χ0n) is 10.6. The average Bonchev–Trinajstić information content (AvgIpc) is 2.67. The van der Waals surface area contributed by atoms with E-state index in [0.29, 0.717) is 4.77 Å². The van der Waals surface area contributed by atoms with Gasteiger partial charge in [-0.2, -0.15) is 0 Å². The van der Waals surface area contributed by atoms with Gasteiger partial charge in [0.05, 0.1) is 11.2 Å². The van der Waals surface area contributed by atoms with Crippen molar-refractivity contribution in [3.8, 4) is 5.69 Å². The first-order chi connectivity index (χ1) is 9.06. The lowest BCUT2D eigenvalue weighted by atomic mass is 10.1. The second-order valence-corrected chi connectivity index (χ2v) is 5.88. The van der Waals surface area contributed by atoms with Gasteiger partial charge in [-0.3, -0.25) is 4.57 Å². The standard InChI is InChI=1S/C14H12BrN3S/c1-8-3-4-9(2)12(5-8)18-13-11(17-14(18)19)6-10(15)7-16-13/h3-7H,1-2H3,(H,17,19). The first-order valence-corrected chi connectivity index (χ1v) is 7.10. The molecule has 1 N–H and O–H groups in total. The first-order valence-electron chi connectivity index (χ1n) is 5.90. The summed E-state index contributed by atoms with van der Waals surface area (Å²) in [7, 11) is 0. The molecule has 0 bridgehead atoms. The molecule has 2 heterocycles. The number of hydrogen-bond donors (Lipinski definition) is 1. The Bertz CT molecular complexity index is 832. The highest BCUT2D eigenvalue weighted by Crippen LogP contribution is 2.23. The fraction of sp³-hybridized carbons (Fsp3) is 0.143. The molecule has 2 aromatic heterocycles. The van der Waals surface area contributed by atoms with Gasteiger partial charge in [-0.25, -0.2) is 4.98 Å². The Hall–Kier alpha value is -1.46. The number of halogens is 1. The third-order valence-corrected chi connectivity index (χ3v) is 3.81. The molecule has 0 amide bonds. The molecule has 5 heteroatoms. The van der Waals surface area contributed by atoms with Gasteiger partial charge in [0.15, 0.2) is 10.4 Å². The fourth-order valence-electron chi connectivity index (χ4n) is 2.15. The summed E-state index contributed by atoms with van der Waals surface area (Å²) in [4.78, 5) is 7.67. The van der Waals surface area contributed by atoms with E-state index in [1.807, 2.05) is 10.6 Å². The summed E-state index contributed by atoms with van der Waals surface area (Å²) >= 11 is 8.86. The lowest BCUT2D eigenvalue weighted by molar-refractivity contribution is 1.02. The topological polar surface area (TPSA) is 33.6 Å². The highest BCUT2D eigenvalue weighted by Gasteiger charge is 2.10. The van der Waals surface area contributed by atoms with Gasteiger partial charge in [-0.15, -0.1) is 0 Å². The largest absolute Gasteiger partial charge is 0.329 e. The molecule has 0 atom stereocenters. The van der Waals surface area contributed by atoms with Gasteiger partial charge < -0.3 is 4.98 Å². The Balaban J connectivity index is 2.39. The Morgan fingerprint density at radius 1 is 1.26 bits per heavy atom. The molecule has 3 aromatic rings. The molecule has 0 aliphatic rings. The van der Waals surface area contributed by atoms with Crippen LogP contribution in [0.25, 0.3) is 16.9 Å². The van der Waals surface area contributed by atoms with E-state index in [4.69, 9.17) is 12.2 Å². The van der Waals surface area contributed by atoms with E-state index in [1.54, 1.807) is 6.20 Å². The molecule has 0 aliphatic heterocycles. The zero-order chi connectivity index (χ0) is 13.6. The number of benzene rings is 1. The van der Waals surface area contributed by atoms with E-state index in [9.17, 15) is 0 Å². The zero-order valence-corrected chi connectivity index (χ0v) is 13.0. The summed E-state index contributed by atoms with van der Waals surface area (Å²) < 4.78 is 3.58. The number of nitrogens with one attached hydrogen (secondary N) is 1. The Morgan fingerprint density at radius 2 is 2.05 bits per heavy atom. The van der Waals surface area contributed by atoms with Gasteiger partial charge in [-0.1, -0.05) is 12.1 Å². The number of aromatic amines is 1. The van der Waals surface area contributed by atoms with Crippen molar-refractivity contribution >= 4 is 39.3 Å². The van der Waals surface area contributed by atoms with Crippen LogP contribution in [0.5, 0.6) is 0 Å². The van der Waals surface area contributed by atoms with E-state index >= 15 is 0 Å². The lowest BCUT2D eigenvalue weighted by Gasteiger charge is -2.08. The van der Waals surface area contributed by atoms with Gasteiger partial charge in [0.1, 0.15) is 0 Å². The summed E-state index contributed by atoms with van der Waals surface area (Å²) in [5, 5.41) is 0. The smallest absolute Gasteiger partial charge is 0.184 e. The number of pyridine rings is 1. The SMILES string of the molecule is Cc1ccc(C)c(-n2c(=S)[nH]c3cc(Br)cnc32)c1. The number of H-pyrrole nitrogens is 1. The van der Waals surface area contributed by atoms with Crippen LogP contribution < -0.4 is 0 Å². The third-order valence-electron chi connectivity index (χ3n) is 3.10. The summed E-state index contributed by atoms with van der Waals surface area (Å²) in [5.41, 5.74) is 5.23. The summed E-state index contributed by atoms with van der Waals surface area (Å²) in [6, 6.07) is 8.31. The van der Waals surface area contributed by atoms with Crippen molar-refractivity contribution in [3.63, 3.8) is 0 Å². The summed E-state index contributed by atoms with van der Waals surface area (Å²) in [6.07, 6.45) is 1.78. The maximum absolute atomic E-state index is 5.43. The number of nitrogens with zero attached hydrogens (tertiary/aromatic N) is 2. The van der Waals surface area contributed by atoms with Gasteiger partial charge in [0.25, 0.3) is 0 Å². The van der Waals surface area contributed by atoms with Crippen molar-refractivity contribution in [1.82, 2.24) is 14.5 Å². The minimum Gasteiger partial charge on any atom is -0.329 e. The molecule has 3 rings (SSSR count). The molecular weight excluding hydrogens is 322 g/mol. The molecule has 0 unspecified atom stereocenters. The molecule has 0 aliphatic carbocycles. The highest BCUT2D eigenvalue weighted by atomic mass is 79.9. The minimum absolute atomic E-state index is 0.661. The Kier molecular flexibility index (Phi) is 3.03. The maximum Gasteiger partial charge on any atom is 0.184 e. The van der Waals surface area contributed by atoms with Crippen LogP contribution in [0, 0.1) is 18.6 Å². The van der Waals surface area contributed by atoms with Crippen LogP contribution in [-0.2, 0) is 0 Å². The van der Waals surface area contributed by atoms with Crippen LogP contribution in [0.2, 0.25) is 0 Å². The molecule has 0 saturated heterocycles. The van der Waals surface area contributed by atoms with Gasteiger partial charge in [0.2, 0.25) is 0 Å². The van der Waals surface area contributed by atoms with Crippen molar-refractivity contribution in [2.45, 2.75) is 13.8 Å². The number of aryl methyl sites for hydroxylation is 2. The predicted molar refractivity (Wildman–Crippen MR) is 83.4 cm³/mol. The molecule has 96 valence electrons. The molecule has 0 radical (unpaired) electrons. The van der Waals surface area contributed by atoms with Crippen LogP contribution in [0.15, 0.2) is 34.9 Å². The average molecular weight is 334 g/mol. The molecular formula is C14H12BrN3S. The number of rotatable bonds is 1. The van der Waals surface area contributed by atoms with E-state index in [2.05, 4.69) is 57.9 Å². The highest BCUT2D eigenvalue weighted by molar-refractivity contribution is 9.10. The van der Waals surface area contributed by atoms with Crippen molar-refractivity contribution in [2.24, 2.45) is 0 Å².